The number of amides is 2. The van der Waals surface area contributed by atoms with Gasteiger partial charge in [-0.3, -0.25) is 13.9 Å². The first kappa shape index (κ1) is 28.1. The highest BCUT2D eigenvalue weighted by Crippen LogP contribution is 2.35. The molecule has 1 heterocycles. The van der Waals surface area contributed by atoms with Crippen molar-refractivity contribution in [1.29, 1.82) is 0 Å². The van der Waals surface area contributed by atoms with Crippen molar-refractivity contribution in [3.05, 3.63) is 48.0 Å². The van der Waals surface area contributed by atoms with Gasteiger partial charge >= 0.3 is 0 Å². The fraction of sp³-hybridized carbons (Fsp3) is 0.462. The molecule has 0 spiro atoms. The minimum absolute atomic E-state index is 0.104. The summed E-state index contributed by atoms with van der Waals surface area (Å²) in [4.78, 5) is 28.1. The normalized spacial score (nSPS) is 13.4. The van der Waals surface area contributed by atoms with Gasteiger partial charge < -0.3 is 24.4 Å². The van der Waals surface area contributed by atoms with E-state index in [-0.39, 0.29) is 23.9 Å². The Morgan fingerprint density at radius 3 is 2.43 bits per heavy atom. The molecule has 1 atom stereocenters. The van der Waals surface area contributed by atoms with E-state index in [4.69, 9.17) is 14.2 Å². The molecule has 2 aromatic carbocycles. The maximum atomic E-state index is 13.8. The van der Waals surface area contributed by atoms with E-state index < -0.39 is 28.5 Å². The Labute approximate surface area is 218 Å². The van der Waals surface area contributed by atoms with Crippen molar-refractivity contribution in [3.63, 3.8) is 0 Å². The van der Waals surface area contributed by atoms with Gasteiger partial charge in [0.15, 0.2) is 11.5 Å². The topological polar surface area (TPSA) is 114 Å². The number of methoxy groups -OCH3 is 1. The van der Waals surface area contributed by atoms with Crippen LogP contribution in [-0.2, 0) is 26.2 Å². The highest BCUT2D eigenvalue weighted by Gasteiger charge is 2.32. The number of carbonyl (C=O) groups excluding carboxylic acids is 2. The first-order valence-electron chi connectivity index (χ1n) is 12.3. The predicted octanol–water partition coefficient (Wildman–Crippen LogP) is 2.57. The van der Waals surface area contributed by atoms with Crippen LogP contribution in [0, 0.1) is 0 Å². The molecule has 3 rings (SSSR count). The quantitative estimate of drug-likeness (QED) is 0.446. The van der Waals surface area contributed by atoms with E-state index in [1.54, 1.807) is 50.4 Å². The number of hydrogen-bond donors (Lipinski definition) is 1. The summed E-state index contributed by atoms with van der Waals surface area (Å²) in [6, 6.07) is 11.2. The Bertz CT molecular complexity index is 1200. The SMILES string of the molecule is CCNC(=O)[C@H](CC)N(Cc1cccc(OC)c1)C(=O)CN(c1ccc2c(c1)OCCO2)S(=O)(=O)CC. The lowest BCUT2D eigenvalue weighted by atomic mass is 10.1. The van der Waals surface area contributed by atoms with Crippen LogP contribution < -0.4 is 23.8 Å². The van der Waals surface area contributed by atoms with E-state index in [0.29, 0.717) is 43.4 Å². The first-order chi connectivity index (χ1) is 17.7. The Hall–Kier alpha value is -3.47. The number of hydrogen-bond acceptors (Lipinski definition) is 7. The summed E-state index contributed by atoms with van der Waals surface area (Å²) >= 11 is 0. The molecule has 10 nitrogen and oxygen atoms in total. The number of nitrogens with zero attached hydrogens (tertiary/aromatic N) is 2. The fourth-order valence-corrected chi connectivity index (χ4v) is 5.14. The number of nitrogens with one attached hydrogen (secondary N) is 1. The van der Waals surface area contributed by atoms with E-state index in [9.17, 15) is 18.0 Å². The number of rotatable bonds is 12. The summed E-state index contributed by atoms with van der Waals surface area (Å²) in [6.45, 7) is 5.91. The molecule has 0 saturated heterocycles. The smallest absolute Gasteiger partial charge is 0.244 e. The molecule has 0 aromatic heterocycles. The molecule has 0 fully saturated rings. The van der Waals surface area contributed by atoms with Crippen LogP contribution in [0.2, 0.25) is 0 Å². The molecule has 0 aliphatic carbocycles. The zero-order chi connectivity index (χ0) is 27.0. The molecule has 11 heteroatoms. The molecular weight excluding hydrogens is 498 g/mol. The van der Waals surface area contributed by atoms with Gasteiger partial charge in [0.2, 0.25) is 21.8 Å². The molecule has 0 unspecified atom stereocenters. The average Bonchev–Trinajstić information content (AvgIpc) is 2.91. The Morgan fingerprint density at radius 1 is 1.05 bits per heavy atom. The number of likely N-dealkylation sites (N-methyl/N-ethyl adjacent to an activating group) is 1. The van der Waals surface area contributed by atoms with Gasteiger partial charge in [-0.1, -0.05) is 19.1 Å². The van der Waals surface area contributed by atoms with Gasteiger partial charge in [-0.25, -0.2) is 8.42 Å². The summed E-state index contributed by atoms with van der Waals surface area (Å²) in [5.74, 6) is 0.519. The first-order valence-corrected chi connectivity index (χ1v) is 13.9. The average molecular weight is 534 g/mol. The van der Waals surface area contributed by atoms with Crippen molar-refractivity contribution >= 4 is 27.5 Å². The van der Waals surface area contributed by atoms with Crippen LogP contribution >= 0.6 is 0 Å². The molecule has 1 aliphatic rings. The Morgan fingerprint density at radius 2 is 1.78 bits per heavy atom. The standard InChI is InChI=1S/C26H35N3O7S/c1-5-22(26(31)27-6-2)28(17-19-9-8-10-21(15-19)34-4)25(30)18-29(37(32,33)7-3)20-11-12-23-24(16-20)36-14-13-35-23/h8-12,15-16,22H,5-7,13-14,17-18H2,1-4H3,(H,27,31)/t22-/m0/s1. The lowest BCUT2D eigenvalue weighted by Crippen LogP contribution is -2.52. The van der Waals surface area contributed by atoms with Gasteiger partial charge in [0, 0.05) is 19.2 Å². The van der Waals surface area contributed by atoms with E-state index in [1.807, 2.05) is 13.0 Å². The molecule has 1 aliphatic heterocycles. The van der Waals surface area contributed by atoms with Crippen molar-refractivity contribution in [2.24, 2.45) is 0 Å². The van der Waals surface area contributed by atoms with E-state index in [0.717, 1.165) is 9.87 Å². The van der Waals surface area contributed by atoms with Crippen LogP contribution in [0.4, 0.5) is 5.69 Å². The van der Waals surface area contributed by atoms with Crippen LogP contribution in [0.25, 0.3) is 0 Å². The summed E-state index contributed by atoms with van der Waals surface area (Å²) in [5, 5.41) is 2.78. The largest absolute Gasteiger partial charge is 0.497 e. The molecule has 2 amide bonds. The third-order valence-electron chi connectivity index (χ3n) is 6.02. The summed E-state index contributed by atoms with van der Waals surface area (Å²) in [7, 11) is -2.30. The van der Waals surface area contributed by atoms with Gasteiger partial charge in [0.05, 0.1) is 18.6 Å². The number of carbonyl (C=O) groups is 2. The summed E-state index contributed by atoms with van der Waals surface area (Å²) in [5.41, 5.74) is 1.03. The maximum absolute atomic E-state index is 13.8. The monoisotopic (exact) mass is 533 g/mol. The van der Waals surface area contributed by atoms with Crippen LogP contribution in [-0.4, -0.2) is 70.3 Å². The van der Waals surface area contributed by atoms with Gasteiger partial charge in [-0.2, -0.15) is 0 Å². The van der Waals surface area contributed by atoms with Crippen LogP contribution in [0.5, 0.6) is 17.2 Å². The fourth-order valence-electron chi connectivity index (χ4n) is 4.09. The number of anilines is 1. The number of sulfonamides is 1. The van der Waals surface area contributed by atoms with Crippen molar-refractivity contribution < 1.29 is 32.2 Å². The van der Waals surface area contributed by atoms with Crippen molar-refractivity contribution in [3.8, 4) is 17.2 Å². The second kappa shape index (κ2) is 12.7. The minimum atomic E-state index is -3.85. The molecular formula is C26H35N3O7S. The number of ether oxygens (including phenoxy) is 3. The molecule has 0 bridgehead atoms. The number of benzene rings is 2. The maximum Gasteiger partial charge on any atom is 0.244 e. The third-order valence-corrected chi connectivity index (χ3v) is 7.76. The van der Waals surface area contributed by atoms with Crippen molar-refractivity contribution in [2.75, 3.05) is 43.5 Å². The summed E-state index contributed by atoms with van der Waals surface area (Å²) < 4.78 is 43.8. The van der Waals surface area contributed by atoms with Gasteiger partial charge in [-0.05, 0) is 50.1 Å². The van der Waals surface area contributed by atoms with Crippen molar-refractivity contribution in [2.45, 2.75) is 39.8 Å². The Kier molecular flexibility index (Phi) is 9.62. The summed E-state index contributed by atoms with van der Waals surface area (Å²) in [6.07, 6.45) is 0.353. The van der Waals surface area contributed by atoms with Crippen LogP contribution in [0.15, 0.2) is 42.5 Å². The second-order valence-corrected chi connectivity index (χ2v) is 10.6. The Balaban J connectivity index is 1.98. The predicted molar refractivity (Wildman–Crippen MR) is 141 cm³/mol. The zero-order valence-corrected chi connectivity index (χ0v) is 22.5. The lowest BCUT2D eigenvalue weighted by molar-refractivity contribution is -0.140. The highest BCUT2D eigenvalue weighted by atomic mass is 32.2. The van der Waals surface area contributed by atoms with Gasteiger partial charge in [-0.15, -0.1) is 0 Å². The van der Waals surface area contributed by atoms with Crippen molar-refractivity contribution in [1.82, 2.24) is 10.2 Å². The minimum Gasteiger partial charge on any atom is -0.497 e. The second-order valence-electron chi connectivity index (χ2n) is 8.43. The molecule has 0 saturated carbocycles. The molecule has 2 aromatic rings. The lowest BCUT2D eigenvalue weighted by Gasteiger charge is -2.33. The van der Waals surface area contributed by atoms with Gasteiger partial charge in [0.25, 0.3) is 0 Å². The zero-order valence-electron chi connectivity index (χ0n) is 21.7. The van der Waals surface area contributed by atoms with Gasteiger partial charge in [0.1, 0.15) is 31.5 Å². The van der Waals surface area contributed by atoms with Crippen LogP contribution in [0.3, 0.4) is 0 Å². The third kappa shape index (κ3) is 6.85. The van der Waals surface area contributed by atoms with E-state index >= 15 is 0 Å². The van der Waals surface area contributed by atoms with E-state index in [2.05, 4.69) is 5.32 Å². The van der Waals surface area contributed by atoms with E-state index in [1.165, 1.54) is 11.8 Å². The number of fused-ring (bicyclic) bond motifs is 1. The molecule has 0 radical (unpaired) electrons. The highest BCUT2D eigenvalue weighted by molar-refractivity contribution is 7.92. The molecule has 202 valence electrons. The van der Waals surface area contributed by atoms with Crippen LogP contribution in [0.1, 0.15) is 32.8 Å². The molecule has 1 N–H and O–H groups in total. The molecule has 37 heavy (non-hydrogen) atoms.